The fourth-order valence-corrected chi connectivity index (χ4v) is 4.25. The molecule has 0 fully saturated rings. The van der Waals surface area contributed by atoms with Crippen LogP contribution in [0.25, 0.3) is 0 Å². The topological polar surface area (TPSA) is 67.8 Å². The van der Waals surface area contributed by atoms with Crippen molar-refractivity contribution in [3.8, 4) is 5.75 Å². The summed E-state index contributed by atoms with van der Waals surface area (Å²) >= 11 is 0. The number of rotatable bonds is 20. The van der Waals surface area contributed by atoms with Crippen molar-refractivity contribution in [3.63, 3.8) is 0 Å². The van der Waals surface area contributed by atoms with Crippen LogP contribution in [-0.2, 0) is 4.79 Å². The van der Waals surface area contributed by atoms with E-state index in [4.69, 9.17) is 4.74 Å². The number of carbonyl (C=O) groups is 2. The molecule has 37 heavy (non-hydrogen) atoms. The van der Waals surface area contributed by atoms with Crippen LogP contribution in [0.1, 0.15) is 126 Å². The van der Waals surface area contributed by atoms with E-state index in [2.05, 4.69) is 17.5 Å². The first-order valence-corrected chi connectivity index (χ1v) is 14.4. The number of nitrogens with zero attached hydrogens (tertiary/aromatic N) is 1. The summed E-state index contributed by atoms with van der Waals surface area (Å²) < 4.78 is 5.36. The highest BCUT2D eigenvalue weighted by molar-refractivity contribution is 5.91. The van der Waals surface area contributed by atoms with Gasteiger partial charge >= 0.3 is 5.97 Å². The van der Waals surface area contributed by atoms with E-state index in [9.17, 15) is 9.59 Å². The molecule has 202 valence electrons. The van der Waals surface area contributed by atoms with Gasteiger partial charge in [-0.05, 0) is 48.4 Å². The number of hydrazone groups is 1. The van der Waals surface area contributed by atoms with Gasteiger partial charge in [-0.15, -0.1) is 0 Å². The van der Waals surface area contributed by atoms with Crippen molar-refractivity contribution in [2.75, 3.05) is 0 Å². The molecule has 5 nitrogen and oxygen atoms in total. The minimum atomic E-state index is -0.395. The van der Waals surface area contributed by atoms with Gasteiger partial charge in [0.15, 0.2) is 0 Å². The van der Waals surface area contributed by atoms with Crippen molar-refractivity contribution >= 4 is 18.1 Å². The standard InChI is InChI=1S/C32H46N2O3/c1-2-3-4-5-6-7-8-9-10-11-12-13-14-15-19-22-31(35)34-33-27-28-23-25-30(26-24-28)37-32(36)29-20-17-16-18-21-29/h16-18,20-21,23-27H,2-15,19,22H2,1H3,(H,34,35)/b33-27-. The average molecular weight is 507 g/mol. The van der Waals surface area contributed by atoms with E-state index >= 15 is 0 Å². The van der Waals surface area contributed by atoms with Crippen LogP contribution in [0.3, 0.4) is 0 Å². The maximum atomic E-state index is 12.1. The molecule has 1 N–H and O–H groups in total. The molecule has 0 saturated carbocycles. The summed E-state index contributed by atoms with van der Waals surface area (Å²) in [6.07, 6.45) is 21.8. The van der Waals surface area contributed by atoms with Gasteiger partial charge in [-0.1, -0.05) is 115 Å². The van der Waals surface area contributed by atoms with Crippen LogP contribution < -0.4 is 10.2 Å². The van der Waals surface area contributed by atoms with Gasteiger partial charge in [-0.25, -0.2) is 10.2 Å². The smallest absolute Gasteiger partial charge is 0.343 e. The number of carbonyl (C=O) groups excluding carboxylic acids is 2. The first-order chi connectivity index (χ1) is 18.2. The zero-order valence-electron chi connectivity index (χ0n) is 22.8. The van der Waals surface area contributed by atoms with Crippen LogP contribution in [0.15, 0.2) is 59.7 Å². The lowest BCUT2D eigenvalue weighted by Crippen LogP contribution is -2.16. The molecule has 0 aliphatic rings. The van der Waals surface area contributed by atoms with Crippen molar-refractivity contribution in [1.82, 2.24) is 5.43 Å². The molecule has 0 bridgehead atoms. The minimum absolute atomic E-state index is 0.0562. The summed E-state index contributed by atoms with van der Waals surface area (Å²) in [5.41, 5.74) is 3.91. The molecule has 0 saturated heterocycles. The molecule has 2 aromatic rings. The van der Waals surface area contributed by atoms with Crippen molar-refractivity contribution in [2.45, 2.75) is 110 Å². The van der Waals surface area contributed by atoms with E-state index < -0.39 is 5.97 Å². The summed E-state index contributed by atoms with van der Waals surface area (Å²) in [5, 5.41) is 4.04. The first kappa shape index (κ1) is 30.3. The summed E-state index contributed by atoms with van der Waals surface area (Å²) in [7, 11) is 0. The number of hydrogen-bond acceptors (Lipinski definition) is 4. The second kappa shape index (κ2) is 20.1. The van der Waals surface area contributed by atoms with Gasteiger partial charge in [0, 0.05) is 6.42 Å². The molecule has 1 amide bonds. The summed E-state index contributed by atoms with van der Waals surface area (Å²) in [6, 6.07) is 15.9. The van der Waals surface area contributed by atoms with Crippen molar-refractivity contribution in [1.29, 1.82) is 0 Å². The number of hydrogen-bond donors (Lipinski definition) is 1. The number of nitrogens with one attached hydrogen (secondary N) is 1. The lowest BCUT2D eigenvalue weighted by atomic mass is 10.0. The summed E-state index contributed by atoms with van der Waals surface area (Å²) in [4.78, 5) is 24.1. The molecular weight excluding hydrogens is 460 g/mol. The van der Waals surface area contributed by atoms with Gasteiger partial charge in [0.05, 0.1) is 11.8 Å². The van der Waals surface area contributed by atoms with E-state index in [-0.39, 0.29) is 5.91 Å². The second-order valence-corrected chi connectivity index (χ2v) is 9.82. The predicted octanol–water partition coefficient (Wildman–Crippen LogP) is 8.62. The third-order valence-electron chi connectivity index (χ3n) is 6.51. The quantitative estimate of drug-likeness (QED) is 0.0642. The Morgan fingerprint density at radius 3 is 1.76 bits per heavy atom. The SMILES string of the molecule is CCCCCCCCCCCCCCCCCC(=O)N/N=C\c1ccc(OC(=O)c2ccccc2)cc1. The van der Waals surface area contributed by atoms with E-state index in [1.807, 2.05) is 6.07 Å². The van der Waals surface area contributed by atoms with E-state index in [0.717, 1.165) is 18.4 Å². The van der Waals surface area contributed by atoms with Crippen LogP contribution >= 0.6 is 0 Å². The van der Waals surface area contributed by atoms with Crippen molar-refractivity contribution in [3.05, 3.63) is 65.7 Å². The zero-order valence-corrected chi connectivity index (χ0v) is 22.8. The van der Waals surface area contributed by atoms with Crippen LogP contribution in [0.2, 0.25) is 0 Å². The Morgan fingerprint density at radius 2 is 1.22 bits per heavy atom. The van der Waals surface area contributed by atoms with Gasteiger partial charge in [0.25, 0.3) is 0 Å². The number of unbranched alkanes of at least 4 members (excludes halogenated alkanes) is 14. The van der Waals surface area contributed by atoms with Gasteiger partial charge in [0.2, 0.25) is 5.91 Å². The molecule has 0 aliphatic heterocycles. The lowest BCUT2D eigenvalue weighted by molar-refractivity contribution is -0.121. The third-order valence-corrected chi connectivity index (χ3v) is 6.51. The Hall–Kier alpha value is -2.95. The maximum absolute atomic E-state index is 12.1. The Morgan fingerprint density at radius 1 is 0.703 bits per heavy atom. The van der Waals surface area contributed by atoms with Crippen molar-refractivity contribution in [2.24, 2.45) is 5.10 Å². The molecular formula is C32H46N2O3. The summed E-state index contributed by atoms with van der Waals surface area (Å²) in [6.45, 7) is 2.27. The molecule has 0 unspecified atom stereocenters. The van der Waals surface area contributed by atoms with E-state index in [0.29, 0.717) is 17.7 Å². The van der Waals surface area contributed by atoms with Crippen molar-refractivity contribution < 1.29 is 14.3 Å². The van der Waals surface area contributed by atoms with Crippen LogP contribution in [0.5, 0.6) is 5.75 Å². The molecule has 0 radical (unpaired) electrons. The molecule has 2 rings (SSSR count). The largest absolute Gasteiger partial charge is 0.423 e. The van der Waals surface area contributed by atoms with Crippen LogP contribution in [-0.4, -0.2) is 18.1 Å². The fourth-order valence-electron chi connectivity index (χ4n) is 4.25. The van der Waals surface area contributed by atoms with Gasteiger partial charge in [-0.2, -0.15) is 5.10 Å². The zero-order chi connectivity index (χ0) is 26.4. The first-order valence-electron chi connectivity index (χ1n) is 14.4. The molecule has 0 heterocycles. The highest BCUT2D eigenvalue weighted by atomic mass is 16.5. The number of esters is 1. The average Bonchev–Trinajstić information content (AvgIpc) is 2.92. The molecule has 2 aromatic carbocycles. The highest BCUT2D eigenvalue weighted by Crippen LogP contribution is 2.15. The molecule has 5 heteroatoms. The Kier molecular flexibility index (Phi) is 16.5. The third kappa shape index (κ3) is 15.0. The van der Waals surface area contributed by atoms with Crippen LogP contribution in [0, 0.1) is 0 Å². The minimum Gasteiger partial charge on any atom is -0.423 e. The number of benzene rings is 2. The van der Waals surface area contributed by atoms with E-state index in [1.165, 1.54) is 83.5 Å². The second-order valence-electron chi connectivity index (χ2n) is 9.82. The lowest BCUT2D eigenvalue weighted by Gasteiger charge is -2.04. The Balaban J connectivity index is 1.44. The number of amides is 1. The molecule has 0 spiro atoms. The van der Waals surface area contributed by atoms with Crippen LogP contribution in [0.4, 0.5) is 0 Å². The molecule has 0 aliphatic carbocycles. The highest BCUT2D eigenvalue weighted by Gasteiger charge is 2.07. The summed E-state index contributed by atoms with van der Waals surface area (Å²) in [5.74, 6) is 0.00985. The monoisotopic (exact) mass is 506 g/mol. The maximum Gasteiger partial charge on any atom is 0.343 e. The van der Waals surface area contributed by atoms with Gasteiger partial charge in [0.1, 0.15) is 5.75 Å². The van der Waals surface area contributed by atoms with Gasteiger partial charge < -0.3 is 4.74 Å². The predicted molar refractivity (Wildman–Crippen MR) is 153 cm³/mol. The Bertz CT molecular complexity index is 894. The molecule has 0 atom stereocenters. The number of ether oxygens (including phenoxy) is 1. The fraction of sp³-hybridized carbons (Fsp3) is 0.531. The normalized spacial score (nSPS) is 11.1. The van der Waals surface area contributed by atoms with Gasteiger partial charge in [-0.3, -0.25) is 4.79 Å². The van der Waals surface area contributed by atoms with E-state index in [1.54, 1.807) is 54.7 Å². The Labute approximate surface area is 224 Å². The molecule has 0 aromatic heterocycles.